The van der Waals surface area contributed by atoms with E-state index in [1.165, 1.54) is 0 Å². The topological polar surface area (TPSA) is 66.5 Å². The summed E-state index contributed by atoms with van der Waals surface area (Å²) in [5.74, 6) is 0.495. The van der Waals surface area contributed by atoms with Crippen molar-refractivity contribution < 1.29 is 10.2 Å². The molecular weight excluding hydrogens is 250 g/mol. The van der Waals surface area contributed by atoms with Gasteiger partial charge in [-0.05, 0) is 53.8 Å². The number of nitrogen functional groups attached to an aromatic ring is 1. The third kappa shape index (κ3) is 1.40. The summed E-state index contributed by atoms with van der Waals surface area (Å²) in [4.78, 5) is 0. The normalized spacial score (nSPS) is 15.0. The van der Waals surface area contributed by atoms with Gasteiger partial charge in [-0.2, -0.15) is 0 Å². The van der Waals surface area contributed by atoms with E-state index in [9.17, 15) is 10.2 Å². The average molecular weight is 269 g/mol. The van der Waals surface area contributed by atoms with Crippen molar-refractivity contribution in [3.8, 4) is 22.6 Å². The molecule has 0 aromatic heterocycles. The Morgan fingerprint density at radius 2 is 1.65 bits per heavy atom. The van der Waals surface area contributed by atoms with Gasteiger partial charge in [0, 0.05) is 22.7 Å². The van der Waals surface area contributed by atoms with Crippen LogP contribution in [0.2, 0.25) is 0 Å². The highest BCUT2D eigenvalue weighted by Crippen LogP contribution is 2.55. The first-order valence-corrected chi connectivity index (χ1v) is 6.72. The van der Waals surface area contributed by atoms with Gasteiger partial charge >= 0.3 is 0 Å². The molecule has 104 valence electrons. The molecule has 0 bridgehead atoms. The number of aromatic hydroxyl groups is 2. The monoisotopic (exact) mass is 269 g/mol. The van der Waals surface area contributed by atoms with Gasteiger partial charge in [-0.1, -0.05) is 13.8 Å². The molecule has 20 heavy (non-hydrogen) atoms. The molecule has 3 heteroatoms. The third-order valence-electron chi connectivity index (χ3n) is 4.51. The lowest BCUT2D eigenvalue weighted by Gasteiger charge is -2.24. The van der Waals surface area contributed by atoms with Crippen LogP contribution in [-0.2, 0) is 5.41 Å². The number of benzene rings is 2. The van der Waals surface area contributed by atoms with E-state index < -0.39 is 0 Å². The molecule has 0 unspecified atom stereocenters. The molecule has 0 atom stereocenters. The number of hydrogen-bond donors (Lipinski definition) is 3. The number of aryl methyl sites for hydroxylation is 1. The van der Waals surface area contributed by atoms with Crippen LogP contribution in [0.5, 0.6) is 11.5 Å². The van der Waals surface area contributed by atoms with Gasteiger partial charge in [0.2, 0.25) is 0 Å². The second-order valence-electron chi connectivity index (χ2n) is 6.17. The lowest BCUT2D eigenvalue weighted by atomic mass is 9.80. The summed E-state index contributed by atoms with van der Waals surface area (Å²) in [6, 6.07) is 5.36. The summed E-state index contributed by atoms with van der Waals surface area (Å²) < 4.78 is 0. The highest BCUT2D eigenvalue weighted by atomic mass is 16.3. The van der Waals surface area contributed by atoms with Crippen LogP contribution >= 0.6 is 0 Å². The zero-order valence-electron chi connectivity index (χ0n) is 12.2. The number of phenolic OH excluding ortho intramolecular Hbond substituents is 2. The van der Waals surface area contributed by atoms with E-state index in [1.807, 2.05) is 19.9 Å². The molecule has 3 nitrogen and oxygen atoms in total. The van der Waals surface area contributed by atoms with Crippen molar-refractivity contribution in [3.05, 3.63) is 40.5 Å². The first-order chi connectivity index (χ1) is 9.25. The summed E-state index contributed by atoms with van der Waals surface area (Å²) in [7, 11) is 0. The van der Waals surface area contributed by atoms with Gasteiger partial charge < -0.3 is 15.9 Å². The second kappa shape index (κ2) is 3.69. The van der Waals surface area contributed by atoms with Crippen molar-refractivity contribution in [2.75, 3.05) is 5.73 Å². The molecule has 0 heterocycles. The molecule has 0 saturated heterocycles. The van der Waals surface area contributed by atoms with E-state index in [4.69, 9.17) is 5.73 Å². The Bertz CT molecular complexity index is 745. The summed E-state index contributed by atoms with van der Waals surface area (Å²) in [6.07, 6.45) is 0. The minimum absolute atomic E-state index is 0.208. The van der Waals surface area contributed by atoms with E-state index in [-0.39, 0.29) is 16.9 Å². The Morgan fingerprint density at radius 1 is 1.00 bits per heavy atom. The molecule has 0 aliphatic heterocycles. The molecule has 0 amide bonds. The molecule has 0 spiro atoms. The predicted molar refractivity (Wildman–Crippen MR) is 81.2 cm³/mol. The standard InChI is InChI=1S/C17H19NO2/c1-8-5-10-11(6-13(8)19)17(3,4)16-9(2)12(18)7-14(20)15(10)16/h5-7,19-20H,18H2,1-4H3. The maximum absolute atomic E-state index is 10.3. The average Bonchev–Trinajstić information content (AvgIpc) is 2.57. The Labute approximate surface area is 118 Å². The van der Waals surface area contributed by atoms with Gasteiger partial charge in [-0.15, -0.1) is 0 Å². The minimum atomic E-state index is -0.285. The van der Waals surface area contributed by atoms with Crippen molar-refractivity contribution in [2.24, 2.45) is 0 Å². The van der Waals surface area contributed by atoms with E-state index in [0.717, 1.165) is 33.4 Å². The number of nitrogens with two attached hydrogens (primary N) is 1. The Balaban J connectivity index is 2.49. The number of fused-ring (bicyclic) bond motifs is 3. The van der Waals surface area contributed by atoms with Gasteiger partial charge in [0.25, 0.3) is 0 Å². The van der Waals surface area contributed by atoms with Crippen LogP contribution < -0.4 is 5.73 Å². The van der Waals surface area contributed by atoms with Crippen LogP contribution in [0.15, 0.2) is 18.2 Å². The summed E-state index contributed by atoms with van der Waals surface area (Å²) in [6.45, 7) is 8.03. The number of anilines is 1. The molecule has 1 aliphatic rings. The fraction of sp³-hybridized carbons (Fsp3) is 0.294. The van der Waals surface area contributed by atoms with Gasteiger partial charge in [-0.3, -0.25) is 0 Å². The van der Waals surface area contributed by atoms with Crippen LogP contribution in [0, 0.1) is 13.8 Å². The number of phenols is 2. The van der Waals surface area contributed by atoms with Gasteiger partial charge in [0.1, 0.15) is 11.5 Å². The molecule has 0 fully saturated rings. The second-order valence-corrected chi connectivity index (χ2v) is 6.17. The highest BCUT2D eigenvalue weighted by molar-refractivity contribution is 5.89. The highest BCUT2D eigenvalue weighted by Gasteiger charge is 2.39. The van der Waals surface area contributed by atoms with Crippen molar-refractivity contribution >= 4 is 5.69 Å². The van der Waals surface area contributed by atoms with Crippen LogP contribution in [-0.4, -0.2) is 10.2 Å². The third-order valence-corrected chi connectivity index (χ3v) is 4.51. The molecule has 2 aromatic rings. The van der Waals surface area contributed by atoms with Crippen LogP contribution in [0.25, 0.3) is 11.1 Å². The Kier molecular flexibility index (Phi) is 2.37. The Hall–Kier alpha value is -2.16. The summed E-state index contributed by atoms with van der Waals surface area (Å²) in [5, 5.41) is 20.3. The fourth-order valence-electron chi connectivity index (χ4n) is 3.40. The first-order valence-electron chi connectivity index (χ1n) is 6.72. The van der Waals surface area contributed by atoms with E-state index in [2.05, 4.69) is 13.8 Å². The van der Waals surface area contributed by atoms with E-state index in [1.54, 1.807) is 12.1 Å². The van der Waals surface area contributed by atoms with Crippen molar-refractivity contribution in [1.82, 2.24) is 0 Å². The molecule has 0 saturated carbocycles. The van der Waals surface area contributed by atoms with Gasteiger partial charge in [0.15, 0.2) is 0 Å². The van der Waals surface area contributed by atoms with Crippen LogP contribution in [0.3, 0.4) is 0 Å². The summed E-state index contributed by atoms with van der Waals surface area (Å²) >= 11 is 0. The predicted octanol–water partition coefficient (Wildman–Crippen LogP) is 3.60. The largest absolute Gasteiger partial charge is 0.508 e. The molecule has 3 rings (SSSR count). The quantitative estimate of drug-likeness (QED) is 0.640. The SMILES string of the molecule is Cc1cc2c(cc1O)C(C)(C)c1c(C)c(N)cc(O)c1-2. The number of hydrogen-bond acceptors (Lipinski definition) is 3. The minimum Gasteiger partial charge on any atom is -0.508 e. The van der Waals surface area contributed by atoms with Gasteiger partial charge in [-0.25, -0.2) is 0 Å². The molecule has 0 radical (unpaired) electrons. The van der Waals surface area contributed by atoms with Crippen LogP contribution in [0.1, 0.15) is 36.1 Å². The van der Waals surface area contributed by atoms with Crippen molar-refractivity contribution in [2.45, 2.75) is 33.1 Å². The smallest absolute Gasteiger partial charge is 0.125 e. The first kappa shape index (κ1) is 12.9. The maximum Gasteiger partial charge on any atom is 0.125 e. The van der Waals surface area contributed by atoms with Crippen molar-refractivity contribution in [3.63, 3.8) is 0 Å². The van der Waals surface area contributed by atoms with Crippen molar-refractivity contribution in [1.29, 1.82) is 0 Å². The number of rotatable bonds is 0. The zero-order valence-corrected chi connectivity index (χ0v) is 12.2. The summed E-state index contributed by atoms with van der Waals surface area (Å²) in [5.41, 5.74) is 12.0. The Morgan fingerprint density at radius 3 is 2.30 bits per heavy atom. The maximum atomic E-state index is 10.3. The molecule has 1 aliphatic carbocycles. The zero-order chi connectivity index (χ0) is 14.8. The lowest BCUT2D eigenvalue weighted by molar-refractivity contribution is 0.469. The van der Waals surface area contributed by atoms with Gasteiger partial charge in [0.05, 0.1) is 0 Å². The lowest BCUT2D eigenvalue weighted by Crippen LogP contribution is -2.17. The van der Waals surface area contributed by atoms with E-state index in [0.29, 0.717) is 5.69 Å². The molecule has 2 aromatic carbocycles. The van der Waals surface area contributed by atoms with E-state index >= 15 is 0 Å². The fourth-order valence-corrected chi connectivity index (χ4v) is 3.40. The van der Waals surface area contributed by atoms with Crippen LogP contribution in [0.4, 0.5) is 5.69 Å². The molecule has 4 N–H and O–H groups in total. The molecular formula is C17H19NO2.